The molecule has 0 radical (unpaired) electrons. The van der Waals surface area contributed by atoms with Gasteiger partial charge in [-0.2, -0.15) is 0 Å². The molecule has 0 aliphatic carbocycles. The van der Waals surface area contributed by atoms with Crippen molar-refractivity contribution in [1.82, 2.24) is 19.7 Å². The highest BCUT2D eigenvalue weighted by Gasteiger charge is 2.33. The van der Waals surface area contributed by atoms with E-state index in [2.05, 4.69) is 10.1 Å². The molecule has 128 valence electrons. The summed E-state index contributed by atoms with van der Waals surface area (Å²) in [5, 5.41) is 13.7. The predicted molar refractivity (Wildman–Crippen MR) is 86.4 cm³/mol. The molecule has 2 unspecified atom stereocenters. The molecule has 1 amide bonds. The third kappa shape index (κ3) is 3.03. The number of aliphatic hydroxyl groups is 1. The largest absolute Gasteiger partial charge is 0.396 e. The first kappa shape index (κ1) is 16.6. The van der Waals surface area contributed by atoms with E-state index in [9.17, 15) is 14.3 Å². The van der Waals surface area contributed by atoms with Crippen LogP contribution >= 0.6 is 0 Å². The van der Waals surface area contributed by atoms with E-state index in [-0.39, 0.29) is 36.1 Å². The molecule has 6 nitrogen and oxygen atoms in total. The lowest BCUT2D eigenvalue weighted by atomic mass is 9.91. The molecule has 7 heteroatoms. The number of nitrogens with zero attached hydrogens (tertiary/aromatic N) is 4. The van der Waals surface area contributed by atoms with E-state index in [1.807, 2.05) is 6.92 Å². The molecule has 0 bridgehead atoms. The van der Waals surface area contributed by atoms with Crippen LogP contribution in [0.4, 0.5) is 4.39 Å². The molecule has 0 spiro atoms. The average Bonchev–Trinajstić information content (AvgIpc) is 2.97. The van der Waals surface area contributed by atoms with Crippen molar-refractivity contribution in [3.05, 3.63) is 41.7 Å². The van der Waals surface area contributed by atoms with Gasteiger partial charge in [-0.05, 0) is 51.0 Å². The van der Waals surface area contributed by atoms with Crippen molar-refractivity contribution in [3.63, 3.8) is 0 Å². The molecule has 2 heterocycles. The van der Waals surface area contributed by atoms with Gasteiger partial charge in [0.05, 0.1) is 5.69 Å². The summed E-state index contributed by atoms with van der Waals surface area (Å²) in [6.07, 6.45) is 1.77. The monoisotopic (exact) mass is 332 g/mol. The fourth-order valence-corrected chi connectivity index (χ4v) is 3.19. The summed E-state index contributed by atoms with van der Waals surface area (Å²) >= 11 is 0. The van der Waals surface area contributed by atoms with Crippen molar-refractivity contribution < 1.29 is 14.3 Å². The highest BCUT2D eigenvalue weighted by atomic mass is 19.1. The van der Waals surface area contributed by atoms with E-state index in [1.165, 1.54) is 16.8 Å². The van der Waals surface area contributed by atoms with Gasteiger partial charge in [0.2, 0.25) is 5.82 Å². The third-order valence-corrected chi connectivity index (χ3v) is 4.67. The molecule has 2 aromatic rings. The highest BCUT2D eigenvalue weighted by molar-refractivity contribution is 5.90. The maximum atomic E-state index is 13.1. The smallest absolute Gasteiger partial charge is 0.293 e. The number of carbonyl (C=O) groups excluding carboxylic acids is 1. The first-order chi connectivity index (χ1) is 11.5. The van der Waals surface area contributed by atoms with Crippen molar-refractivity contribution in [2.45, 2.75) is 32.7 Å². The highest BCUT2D eigenvalue weighted by Crippen LogP contribution is 2.24. The quantitative estimate of drug-likeness (QED) is 0.932. The Hall–Kier alpha value is -2.28. The standard InChI is InChI=1S/C17H21FN4O2/c1-11-13(10-23)4-3-9-21(11)17(24)16-19-12(2)22(20-16)15-7-5-14(18)6-8-15/h5-8,11,13,23H,3-4,9-10H2,1-2H3. The lowest BCUT2D eigenvalue weighted by molar-refractivity contribution is 0.0417. The summed E-state index contributed by atoms with van der Waals surface area (Å²) < 4.78 is 14.6. The Morgan fingerprint density at radius 1 is 1.38 bits per heavy atom. The number of aliphatic hydroxyl groups excluding tert-OH is 1. The van der Waals surface area contributed by atoms with Crippen LogP contribution in [0, 0.1) is 18.7 Å². The average molecular weight is 332 g/mol. The Kier molecular flexibility index (Phi) is 4.62. The second-order valence-corrected chi connectivity index (χ2v) is 6.19. The lowest BCUT2D eigenvalue weighted by Crippen LogP contribution is -2.48. The first-order valence-electron chi connectivity index (χ1n) is 8.12. The molecule has 1 aliphatic heterocycles. The molecule has 1 aliphatic rings. The van der Waals surface area contributed by atoms with Gasteiger partial charge in [-0.15, -0.1) is 5.10 Å². The molecule has 1 fully saturated rings. The van der Waals surface area contributed by atoms with Crippen molar-refractivity contribution >= 4 is 5.91 Å². The molecule has 2 atom stereocenters. The number of carbonyl (C=O) groups is 1. The van der Waals surface area contributed by atoms with Gasteiger partial charge in [0, 0.05) is 25.1 Å². The second-order valence-electron chi connectivity index (χ2n) is 6.19. The van der Waals surface area contributed by atoms with Crippen molar-refractivity contribution in [1.29, 1.82) is 0 Å². The summed E-state index contributed by atoms with van der Waals surface area (Å²) in [6, 6.07) is 5.83. The van der Waals surface area contributed by atoms with E-state index in [0.717, 1.165) is 12.8 Å². The van der Waals surface area contributed by atoms with Gasteiger partial charge in [-0.25, -0.2) is 14.1 Å². The number of halogens is 1. The molecular weight excluding hydrogens is 311 g/mol. The summed E-state index contributed by atoms with van der Waals surface area (Å²) in [6.45, 7) is 4.41. The molecule has 1 saturated heterocycles. The Labute approximate surface area is 139 Å². The van der Waals surface area contributed by atoms with Gasteiger partial charge in [-0.3, -0.25) is 4.79 Å². The van der Waals surface area contributed by atoms with Crippen LogP contribution in [-0.4, -0.2) is 49.9 Å². The van der Waals surface area contributed by atoms with E-state index < -0.39 is 0 Å². The molecule has 1 aromatic heterocycles. The van der Waals surface area contributed by atoms with Crippen LogP contribution in [0.5, 0.6) is 0 Å². The number of likely N-dealkylation sites (tertiary alicyclic amines) is 1. The number of hydrogen-bond acceptors (Lipinski definition) is 4. The van der Waals surface area contributed by atoms with Crippen LogP contribution in [0.15, 0.2) is 24.3 Å². The Morgan fingerprint density at radius 2 is 2.08 bits per heavy atom. The van der Waals surface area contributed by atoms with E-state index >= 15 is 0 Å². The van der Waals surface area contributed by atoms with E-state index in [1.54, 1.807) is 24.0 Å². The minimum absolute atomic E-state index is 0.0469. The van der Waals surface area contributed by atoms with Crippen LogP contribution in [0.3, 0.4) is 0 Å². The number of piperidine rings is 1. The van der Waals surface area contributed by atoms with Crippen molar-refractivity contribution in [3.8, 4) is 5.69 Å². The van der Waals surface area contributed by atoms with E-state index in [4.69, 9.17) is 0 Å². The summed E-state index contributed by atoms with van der Waals surface area (Å²) in [4.78, 5) is 18.8. The predicted octanol–water partition coefficient (Wildman–Crippen LogP) is 1.95. The Morgan fingerprint density at radius 3 is 2.75 bits per heavy atom. The van der Waals surface area contributed by atoms with Gasteiger partial charge in [0.1, 0.15) is 11.6 Å². The Balaban J connectivity index is 1.86. The zero-order valence-electron chi connectivity index (χ0n) is 13.8. The fraction of sp³-hybridized carbons (Fsp3) is 0.471. The summed E-state index contributed by atoms with van der Waals surface area (Å²) in [7, 11) is 0. The molecule has 0 saturated carbocycles. The fourth-order valence-electron chi connectivity index (χ4n) is 3.19. The number of hydrogen-bond donors (Lipinski definition) is 1. The van der Waals surface area contributed by atoms with Crippen molar-refractivity contribution in [2.75, 3.05) is 13.2 Å². The summed E-state index contributed by atoms with van der Waals surface area (Å²) in [5.41, 5.74) is 0.653. The molecule has 24 heavy (non-hydrogen) atoms. The van der Waals surface area contributed by atoms with Crippen molar-refractivity contribution in [2.24, 2.45) is 5.92 Å². The van der Waals surface area contributed by atoms with Crippen LogP contribution in [-0.2, 0) is 0 Å². The molecular formula is C17H21FN4O2. The van der Waals surface area contributed by atoms with Crippen LogP contribution in [0.25, 0.3) is 5.69 Å². The lowest BCUT2D eigenvalue weighted by Gasteiger charge is -2.38. The van der Waals surface area contributed by atoms with Gasteiger partial charge >= 0.3 is 0 Å². The second kappa shape index (κ2) is 6.68. The van der Waals surface area contributed by atoms with Gasteiger partial charge < -0.3 is 10.0 Å². The van der Waals surface area contributed by atoms with Crippen LogP contribution in [0.2, 0.25) is 0 Å². The zero-order chi connectivity index (χ0) is 17.3. The minimum Gasteiger partial charge on any atom is -0.396 e. The number of aryl methyl sites for hydroxylation is 1. The Bertz CT molecular complexity index is 729. The third-order valence-electron chi connectivity index (χ3n) is 4.67. The van der Waals surface area contributed by atoms with Crippen LogP contribution in [0.1, 0.15) is 36.2 Å². The molecule has 3 rings (SSSR count). The van der Waals surface area contributed by atoms with Crippen LogP contribution < -0.4 is 0 Å². The van der Waals surface area contributed by atoms with Gasteiger partial charge in [0.25, 0.3) is 5.91 Å². The molecule has 1 N–H and O–H groups in total. The number of aromatic nitrogens is 3. The van der Waals surface area contributed by atoms with Gasteiger partial charge in [0.15, 0.2) is 0 Å². The van der Waals surface area contributed by atoms with E-state index in [0.29, 0.717) is 18.1 Å². The topological polar surface area (TPSA) is 71.2 Å². The maximum absolute atomic E-state index is 13.1. The maximum Gasteiger partial charge on any atom is 0.293 e. The number of rotatable bonds is 3. The SMILES string of the molecule is Cc1nc(C(=O)N2CCCC(CO)C2C)nn1-c1ccc(F)cc1. The first-order valence-corrected chi connectivity index (χ1v) is 8.12. The number of amides is 1. The van der Waals surface area contributed by atoms with Gasteiger partial charge in [-0.1, -0.05) is 0 Å². The minimum atomic E-state index is -0.329. The molecule has 1 aromatic carbocycles. The number of benzene rings is 1. The normalized spacial score (nSPS) is 21.1. The summed E-state index contributed by atoms with van der Waals surface area (Å²) in [5.74, 6) is 0.216. The zero-order valence-corrected chi connectivity index (χ0v) is 13.8.